The number of hydrogen-bond acceptors (Lipinski definition) is 3. The van der Waals surface area contributed by atoms with Crippen molar-refractivity contribution in [1.29, 1.82) is 0 Å². The smallest absolute Gasteiger partial charge is 0.233 e. The second kappa shape index (κ2) is 13.5. The van der Waals surface area contributed by atoms with Gasteiger partial charge in [0.25, 0.3) is 0 Å². The van der Waals surface area contributed by atoms with Gasteiger partial charge >= 0.3 is 0 Å². The van der Waals surface area contributed by atoms with Crippen LogP contribution in [0.1, 0.15) is 96.5 Å². The predicted molar refractivity (Wildman–Crippen MR) is 130 cm³/mol. The molecule has 0 atom stereocenters. The fourth-order valence-corrected chi connectivity index (χ4v) is 4.89. The zero-order valence-electron chi connectivity index (χ0n) is 20.1. The Morgan fingerprint density at radius 2 is 1.59 bits per heavy atom. The van der Waals surface area contributed by atoms with Gasteiger partial charge in [-0.15, -0.1) is 10.2 Å². The molecule has 1 heterocycles. The summed E-state index contributed by atoms with van der Waals surface area (Å²) in [6.07, 6.45) is 16.9. The van der Waals surface area contributed by atoms with E-state index in [1.165, 1.54) is 70.6 Å². The number of ether oxygens (including phenoxy) is 1. The molecule has 4 heteroatoms. The van der Waals surface area contributed by atoms with Crippen LogP contribution in [0.25, 0.3) is 11.3 Å². The third-order valence-corrected chi connectivity index (χ3v) is 6.93. The molecule has 0 amide bonds. The molecule has 0 bridgehead atoms. The molecule has 1 saturated carbocycles. The SMILES string of the molecule is CCCCCCCC1CCC(CCc2ccc(-c3ccc(OCCC)nn3)c(F)c2)CC1. The van der Waals surface area contributed by atoms with Crippen LogP contribution in [0.4, 0.5) is 4.39 Å². The summed E-state index contributed by atoms with van der Waals surface area (Å²) in [6, 6.07) is 9.10. The van der Waals surface area contributed by atoms with Gasteiger partial charge in [-0.25, -0.2) is 4.39 Å². The van der Waals surface area contributed by atoms with Crippen molar-refractivity contribution in [2.24, 2.45) is 11.8 Å². The zero-order chi connectivity index (χ0) is 22.6. The van der Waals surface area contributed by atoms with E-state index in [9.17, 15) is 4.39 Å². The lowest BCUT2D eigenvalue weighted by molar-refractivity contribution is 0.248. The van der Waals surface area contributed by atoms with Crippen LogP contribution in [0.3, 0.4) is 0 Å². The first kappa shape index (κ1) is 24.7. The minimum absolute atomic E-state index is 0.217. The summed E-state index contributed by atoms with van der Waals surface area (Å²) in [5, 5.41) is 8.19. The van der Waals surface area contributed by atoms with Crippen LogP contribution >= 0.6 is 0 Å². The average molecular weight is 441 g/mol. The van der Waals surface area contributed by atoms with Gasteiger partial charge in [-0.2, -0.15) is 0 Å². The molecule has 32 heavy (non-hydrogen) atoms. The lowest BCUT2D eigenvalue weighted by atomic mass is 9.77. The molecule has 1 aliphatic rings. The highest BCUT2D eigenvalue weighted by molar-refractivity contribution is 5.60. The fourth-order valence-electron chi connectivity index (χ4n) is 4.89. The molecule has 0 aliphatic heterocycles. The molecule has 0 radical (unpaired) electrons. The maximum atomic E-state index is 14.8. The van der Waals surface area contributed by atoms with Crippen molar-refractivity contribution in [2.45, 2.75) is 97.3 Å². The lowest BCUT2D eigenvalue weighted by Gasteiger charge is -2.28. The molecule has 0 unspecified atom stereocenters. The largest absolute Gasteiger partial charge is 0.477 e. The van der Waals surface area contributed by atoms with Crippen molar-refractivity contribution in [1.82, 2.24) is 10.2 Å². The molecule has 3 rings (SSSR count). The van der Waals surface area contributed by atoms with Gasteiger partial charge in [-0.3, -0.25) is 0 Å². The average Bonchev–Trinajstić information content (AvgIpc) is 2.82. The fraction of sp³-hybridized carbons (Fsp3) is 0.643. The Kier molecular flexibility index (Phi) is 10.4. The summed E-state index contributed by atoms with van der Waals surface area (Å²) < 4.78 is 20.2. The number of unbranched alkanes of at least 4 members (excludes halogenated alkanes) is 4. The minimum atomic E-state index is -0.217. The molecule has 0 spiro atoms. The number of benzene rings is 1. The number of nitrogens with zero attached hydrogens (tertiary/aromatic N) is 2. The van der Waals surface area contributed by atoms with Crippen LogP contribution in [0, 0.1) is 17.7 Å². The summed E-state index contributed by atoms with van der Waals surface area (Å²) in [5.41, 5.74) is 2.13. The summed E-state index contributed by atoms with van der Waals surface area (Å²) in [6.45, 7) is 4.93. The Bertz CT molecular complexity index is 785. The van der Waals surface area contributed by atoms with Crippen LogP contribution in [0.2, 0.25) is 0 Å². The molecule has 0 N–H and O–H groups in total. The number of aromatic nitrogens is 2. The van der Waals surface area contributed by atoms with Gasteiger partial charge in [0, 0.05) is 11.6 Å². The monoisotopic (exact) mass is 440 g/mol. The van der Waals surface area contributed by atoms with E-state index in [-0.39, 0.29) is 5.82 Å². The third kappa shape index (κ3) is 7.86. The zero-order valence-corrected chi connectivity index (χ0v) is 20.1. The van der Waals surface area contributed by atoms with E-state index in [0.717, 1.165) is 30.2 Å². The molecule has 176 valence electrons. The van der Waals surface area contributed by atoms with Gasteiger partial charge in [0.05, 0.1) is 12.3 Å². The van der Waals surface area contributed by atoms with Crippen molar-refractivity contribution in [3.05, 3.63) is 41.7 Å². The highest BCUT2D eigenvalue weighted by Gasteiger charge is 2.21. The normalized spacial score (nSPS) is 18.6. The molecule has 2 aromatic rings. The summed E-state index contributed by atoms with van der Waals surface area (Å²) in [7, 11) is 0. The van der Waals surface area contributed by atoms with Crippen LogP contribution in [-0.2, 0) is 6.42 Å². The standard InChI is InChI=1S/C28H41FN2O/c1-3-5-6-7-8-9-22-10-12-23(13-11-22)14-15-24-16-17-25(26(29)21-24)27-18-19-28(31-30-27)32-20-4-2/h16-19,21-23H,3-15,20H2,1-2H3. The van der Waals surface area contributed by atoms with E-state index in [2.05, 4.69) is 17.1 Å². The summed E-state index contributed by atoms with van der Waals surface area (Å²) in [5.74, 6) is 2.02. The van der Waals surface area contributed by atoms with Crippen molar-refractivity contribution in [3.63, 3.8) is 0 Å². The van der Waals surface area contributed by atoms with Crippen LogP contribution in [0.15, 0.2) is 30.3 Å². The Morgan fingerprint density at radius 3 is 2.25 bits per heavy atom. The Labute approximate surface area is 194 Å². The summed E-state index contributed by atoms with van der Waals surface area (Å²) in [4.78, 5) is 0. The Balaban J connectivity index is 1.41. The molecular formula is C28H41FN2O. The lowest BCUT2D eigenvalue weighted by Crippen LogP contribution is -2.15. The van der Waals surface area contributed by atoms with Crippen LogP contribution in [0.5, 0.6) is 5.88 Å². The molecule has 0 saturated heterocycles. The Hall–Kier alpha value is -1.97. The molecule has 1 fully saturated rings. The van der Waals surface area contributed by atoms with Crippen molar-refractivity contribution >= 4 is 0 Å². The van der Waals surface area contributed by atoms with E-state index in [1.54, 1.807) is 18.2 Å². The van der Waals surface area contributed by atoms with Gasteiger partial charge in [0.1, 0.15) is 5.82 Å². The molecule has 1 aliphatic carbocycles. The second-order valence-corrected chi connectivity index (χ2v) is 9.55. The van der Waals surface area contributed by atoms with Gasteiger partial charge < -0.3 is 4.74 Å². The van der Waals surface area contributed by atoms with Gasteiger partial charge in [-0.05, 0) is 54.9 Å². The first-order chi connectivity index (χ1) is 15.7. The van der Waals surface area contributed by atoms with Gasteiger partial charge in [-0.1, -0.05) is 84.1 Å². The first-order valence-corrected chi connectivity index (χ1v) is 12.9. The molecular weight excluding hydrogens is 399 g/mol. The topological polar surface area (TPSA) is 35.0 Å². The van der Waals surface area contributed by atoms with E-state index in [1.807, 2.05) is 19.1 Å². The number of rotatable bonds is 13. The maximum Gasteiger partial charge on any atom is 0.233 e. The maximum absolute atomic E-state index is 14.8. The van der Waals surface area contributed by atoms with Gasteiger partial charge in [0.15, 0.2) is 0 Å². The van der Waals surface area contributed by atoms with Crippen LogP contribution in [-0.4, -0.2) is 16.8 Å². The van der Waals surface area contributed by atoms with E-state index in [4.69, 9.17) is 4.74 Å². The molecule has 3 nitrogen and oxygen atoms in total. The van der Waals surface area contributed by atoms with E-state index in [0.29, 0.717) is 23.7 Å². The van der Waals surface area contributed by atoms with Gasteiger partial charge in [0.2, 0.25) is 5.88 Å². The summed E-state index contributed by atoms with van der Waals surface area (Å²) >= 11 is 0. The van der Waals surface area contributed by atoms with Crippen molar-refractivity contribution in [2.75, 3.05) is 6.61 Å². The predicted octanol–water partition coefficient (Wildman–Crippen LogP) is 8.17. The van der Waals surface area contributed by atoms with Crippen molar-refractivity contribution < 1.29 is 9.13 Å². The number of halogens is 1. The highest BCUT2D eigenvalue weighted by Crippen LogP contribution is 2.34. The van der Waals surface area contributed by atoms with Crippen molar-refractivity contribution in [3.8, 4) is 17.1 Å². The second-order valence-electron chi connectivity index (χ2n) is 9.55. The molecule has 1 aromatic carbocycles. The Morgan fingerprint density at radius 1 is 0.844 bits per heavy atom. The van der Waals surface area contributed by atoms with Crippen LogP contribution < -0.4 is 4.74 Å². The van der Waals surface area contributed by atoms with E-state index >= 15 is 0 Å². The first-order valence-electron chi connectivity index (χ1n) is 12.9. The third-order valence-electron chi connectivity index (χ3n) is 6.93. The number of hydrogen-bond donors (Lipinski definition) is 0. The molecule has 1 aromatic heterocycles. The quantitative estimate of drug-likeness (QED) is 0.295. The van der Waals surface area contributed by atoms with E-state index < -0.39 is 0 Å². The number of aryl methyl sites for hydroxylation is 1. The highest BCUT2D eigenvalue weighted by atomic mass is 19.1. The minimum Gasteiger partial charge on any atom is -0.477 e.